The Kier molecular flexibility index (Phi) is 5.68. The number of carbonyl (C=O) groups is 2. The zero-order valence-electron chi connectivity index (χ0n) is 12.5. The average molecular weight is 318 g/mol. The number of benzene rings is 1. The minimum Gasteiger partial charge on any atom is -0.383 e. The van der Waals surface area contributed by atoms with Crippen molar-refractivity contribution >= 4 is 28.8 Å². The lowest BCUT2D eigenvalue weighted by Gasteiger charge is -2.13. The van der Waals surface area contributed by atoms with Crippen molar-refractivity contribution in [3.05, 3.63) is 52.2 Å². The van der Waals surface area contributed by atoms with Crippen molar-refractivity contribution in [2.24, 2.45) is 0 Å². The van der Waals surface area contributed by atoms with E-state index in [1.165, 1.54) is 11.3 Å². The third-order valence-electron chi connectivity index (χ3n) is 2.94. The molecular formula is C16H18N2O3S. The molecule has 1 atom stereocenters. The molecule has 0 spiro atoms. The molecule has 6 heteroatoms. The number of nitrogens with one attached hydrogen (secondary N) is 2. The van der Waals surface area contributed by atoms with E-state index in [1.54, 1.807) is 37.4 Å². The molecule has 0 fully saturated rings. The van der Waals surface area contributed by atoms with Crippen LogP contribution in [-0.4, -0.2) is 31.6 Å². The molecule has 0 aliphatic heterocycles. The van der Waals surface area contributed by atoms with E-state index in [9.17, 15) is 9.59 Å². The normalized spacial score (nSPS) is 11.7. The average Bonchev–Trinajstić information content (AvgIpc) is 3.02. The van der Waals surface area contributed by atoms with Gasteiger partial charge in [0.2, 0.25) is 0 Å². The van der Waals surface area contributed by atoms with Crippen LogP contribution in [0.3, 0.4) is 0 Å². The standard InChI is InChI=1S/C16H18N2O3S/c1-11(10-21-2)17-15(19)12-5-7-13(8-6-12)18-16(20)14-4-3-9-22-14/h3-9,11H,10H2,1-2H3,(H,17,19)(H,18,20). The first-order valence-corrected chi connectivity index (χ1v) is 7.73. The van der Waals surface area contributed by atoms with Crippen molar-refractivity contribution in [3.63, 3.8) is 0 Å². The Balaban J connectivity index is 1.95. The minimum atomic E-state index is -0.166. The Hall–Kier alpha value is -2.18. The number of methoxy groups -OCH3 is 1. The largest absolute Gasteiger partial charge is 0.383 e. The van der Waals surface area contributed by atoms with Crippen LogP contribution in [0.2, 0.25) is 0 Å². The summed E-state index contributed by atoms with van der Waals surface area (Å²) in [7, 11) is 1.59. The van der Waals surface area contributed by atoms with Crippen molar-refractivity contribution in [1.29, 1.82) is 0 Å². The molecule has 0 aliphatic rings. The van der Waals surface area contributed by atoms with Crippen LogP contribution < -0.4 is 10.6 Å². The Morgan fingerprint density at radius 1 is 1.18 bits per heavy atom. The molecule has 0 saturated heterocycles. The molecule has 22 heavy (non-hydrogen) atoms. The van der Waals surface area contributed by atoms with E-state index >= 15 is 0 Å². The highest BCUT2D eigenvalue weighted by Gasteiger charge is 2.10. The highest BCUT2D eigenvalue weighted by Crippen LogP contribution is 2.14. The molecule has 0 aliphatic carbocycles. The summed E-state index contributed by atoms with van der Waals surface area (Å²) in [5, 5.41) is 7.47. The predicted octanol–water partition coefficient (Wildman–Crippen LogP) is 2.77. The van der Waals surface area contributed by atoms with E-state index < -0.39 is 0 Å². The van der Waals surface area contributed by atoms with Gasteiger partial charge in [-0.05, 0) is 42.6 Å². The van der Waals surface area contributed by atoms with E-state index in [0.29, 0.717) is 22.7 Å². The number of thiophene rings is 1. The van der Waals surface area contributed by atoms with Crippen LogP contribution in [0.25, 0.3) is 0 Å². The Bertz CT molecular complexity index is 623. The van der Waals surface area contributed by atoms with Gasteiger partial charge in [-0.1, -0.05) is 6.07 Å². The molecular weight excluding hydrogens is 300 g/mol. The molecule has 1 aromatic heterocycles. The number of rotatable bonds is 6. The first-order chi connectivity index (χ1) is 10.6. The fraction of sp³-hybridized carbons (Fsp3) is 0.250. The summed E-state index contributed by atoms with van der Waals surface area (Å²) in [6.07, 6.45) is 0. The van der Waals surface area contributed by atoms with Crippen molar-refractivity contribution in [1.82, 2.24) is 5.32 Å². The van der Waals surface area contributed by atoms with Gasteiger partial charge in [-0.2, -0.15) is 0 Å². The second-order valence-electron chi connectivity index (χ2n) is 4.84. The van der Waals surface area contributed by atoms with E-state index in [4.69, 9.17) is 4.74 Å². The molecule has 2 N–H and O–H groups in total. The zero-order valence-corrected chi connectivity index (χ0v) is 13.3. The zero-order chi connectivity index (χ0) is 15.9. The molecule has 5 nitrogen and oxygen atoms in total. The molecule has 1 aromatic carbocycles. The number of hydrogen-bond acceptors (Lipinski definition) is 4. The highest BCUT2D eigenvalue weighted by atomic mass is 32.1. The van der Waals surface area contributed by atoms with Crippen molar-refractivity contribution in [3.8, 4) is 0 Å². The minimum absolute atomic E-state index is 0.0595. The first-order valence-electron chi connectivity index (χ1n) is 6.85. The monoisotopic (exact) mass is 318 g/mol. The lowest BCUT2D eigenvalue weighted by Crippen LogP contribution is -2.35. The number of amides is 2. The van der Waals surface area contributed by atoms with Crippen molar-refractivity contribution < 1.29 is 14.3 Å². The summed E-state index contributed by atoms with van der Waals surface area (Å²) in [5.74, 6) is -0.318. The number of anilines is 1. The molecule has 1 heterocycles. The third-order valence-corrected chi connectivity index (χ3v) is 3.81. The van der Waals surface area contributed by atoms with Gasteiger partial charge in [0.05, 0.1) is 11.5 Å². The molecule has 0 saturated carbocycles. The summed E-state index contributed by atoms with van der Waals surface area (Å²) in [6.45, 7) is 2.33. The van der Waals surface area contributed by atoms with Gasteiger partial charge in [-0.25, -0.2) is 0 Å². The Morgan fingerprint density at radius 3 is 2.50 bits per heavy atom. The second kappa shape index (κ2) is 7.72. The molecule has 2 amide bonds. The quantitative estimate of drug-likeness (QED) is 0.860. The smallest absolute Gasteiger partial charge is 0.265 e. The van der Waals surface area contributed by atoms with Crippen molar-refractivity contribution in [2.45, 2.75) is 13.0 Å². The van der Waals surface area contributed by atoms with E-state index in [-0.39, 0.29) is 17.9 Å². The molecule has 1 unspecified atom stereocenters. The van der Waals surface area contributed by atoms with Crippen LogP contribution in [0.1, 0.15) is 27.0 Å². The summed E-state index contributed by atoms with van der Waals surface area (Å²) >= 11 is 1.38. The maximum atomic E-state index is 12.0. The number of carbonyl (C=O) groups excluding carboxylic acids is 2. The fourth-order valence-corrected chi connectivity index (χ4v) is 2.52. The fourth-order valence-electron chi connectivity index (χ4n) is 1.90. The predicted molar refractivity (Wildman–Crippen MR) is 87.5 cm³/mol. The number of hydrogen-bond donors (Lipinski definition) is 2. The van der Waals surface area contributed by atoms with Gasteiger partial charge in [0.25, 0.3) is 11.8 Å². The lowest BCUT2D eigenvalue weighted by molar-refractivity contribution is 0.0905. The SMILES string of the molecule is COCC(C)NC(=O)c1ccc(NC(=O)c2cccs2)cc1. The van der Waals surface area contributed by atoms with Crippen molar-refractivity contribution in [2.75, 3.05) is 19.0 Å². The molecule has 0 radical (unpaired) electrons. The second-order valence-corrected chi connectivity index (χ2v) is 5.79. The van der Waals surface area contributed by atoms with Crippen LogP contribution >= 0.6 is 11.3 Å². The van der Waals surface area contributed by atoms with Crippen LogP contribution in [0.15, 0.2) is 41.8 Å². The lowest BCUT2D eigenvalue weighted by atomic mass is 10.2. The van der Waals surface area contributed by atoms with E-state index in [0.717, 1.165) is 0 Å². The Labute approximate surface area is 133 Å². The first kappa shape index (κ1) is 16.2. The van der Waals surface area contributed by atoms with Gasteiger partial charge in [0, 0.05) is 24.4 Å². The molecule has 2 rings (SSSR count). The maximum absolute atomic E-state index is 12.0. The van der Waals surface area contributed by atoms with Crippen LogP contribution in [0.5, 0.6) is 0 Å². The van der Waals surface area contributed by atoms with Gasteiger partial charge < -0.3 is 15.4 Å². The van der Waals surface area contributed by atoms with Crippen LogP contribution in [0, 0.1) is 0 Å². The summed E-state index contributed by atoms with van der Waals surface area (Å²) in [5.41, 5.74) is 1.19. The summed E-state index contributed by atoms with van der Waals surface area (Å²) < 4.78 is 4.98. The Morgan fingerprint density at radius 2 is 1.91 bits per heavy atom. The van der Waals surface area contributed by atoms with E-state index in [2.05, 4.69) is 10.6 Å². The van der Waals surface area contributed by atoms with E-state index in [1.807, 2.05) is 18.4 Å². The highest BCUT2D eigenvalue weighted by molar-refractivity contribution is 7.12. The van der Waals surface area contributed by atoms with Gasteiger partial charge in [0.15, 0.2) is 0 Å². The molecule has 2 aromatic rings. The molecule has 0 bridgehead atoms. The van der Waals surface area contributed by atoms with Gasteiger partial charge >= 0.3 is 0 Å². The summed E-state index contributed by atoms with van der Waals surface area (Å²) in [6, 6.07) is 10.3. The van der Waals surface area contributed by atoms with Crippen LogP contribution in [0.4, 0.5) is 5.69 Å². The van der Waals surface area contributed by atoms with Gasteiger partial charge in [-0.3, -0.25) is 9.59 Å². The number of ether oxygens (including phenoxy) is 1. The van der Waals surface area contributed by atoms with Gasteiger partial charge in [0.1, 0.15) is 0 Å². The third kappa shape index (κ3) is 4.41. The van der Waals surface area contributed by atoms with Crippen LogP contribution in [-0.2, 0) is 4.74 Å². The summed E-state index contributed by atoms with van der Waals surface area (Å²) in [4.78, 5) is 24.6. The molecule has 116 valence electrons. The van der Waals surface area contributed by atoms with Gasteiger partial charge in [-0.15, -0.1) is 11.3 Å². The topological polar surface area (TPSA) is 67.4 Å². The maximum Gasteiger partial charge on any atom is 0.265 e.